The van der Waals surface area contributed by atoms with Gasteiger partial charge in [-0.3, -0.25) is 0 Å². The minimum absolute atomic E-state index is 0.445. The fourth-order valence-electron chi connectivity index (χ4n) is 0.262. The van der Waals surface area contributed by atoms with E-state index in [9.17, 15) is 0 Å². The van der Waals surface area contributed by atoms with Crippen molar-refractivity contribution < 1.29 is 4.11 Å². The van der Waals surface area contributed by atoms with E-state index >= 15 is 0 Å². The molecule has 40 valence electrons. The van der Waals surface area contributed by atoms with Gasteiger partial charge in [0.25, 0.3) is 0 Å². The molecule has 0 aromatic rings. The molecule has 7 heavy (non-hydrogen) atoms. The average Bonchev–Trinajstić information content (AvgIpc) is 1.89. The van der Waals surface area contributed by atoms with Gasteiger partial charge < -0.3 is 0 Å². The molecule has 0 saturated carbocycles. The molecule has 0 fully saturated rings. The van der Waals surface area contributed by atoms with Crippen molar-refractivity contribution in [3.63, 3.8) is 0 Å². The average molecular weight is 100 g/mol. The van der Waals surface area contributed by atoms with Crippen molar-refractivity contribution in [3.05, 3.63) is 0 Å². The predicted molar refractivity (Wildman–Crippen MR) is 29.8 cm³/mol. The van der Waals surface area contributed by atoms with E-state index in [0.29, 0.717) is 6.42 Å². The minimum Gasteiger partial charge on any atom is -0.198 e. The molecule has 0 N–H and O–H groups in total. The molecule has 1 atom stereocenters. The molecular weight excluding hydrogens is 86.1 g/mol. The monoisotopic (exact) mass is 100 g/mol. The summed E-state index contributed by atoms with van der Waals surface area (Å²) >= 11 is 0. The molecule has 0 bridgehead atoms. The largest absolute Gasteiger partial charge is 0.198 e. The Labute approximate surface area is 49.2 Å². The lowest BCUT2D eigenvalue weighted by atomic mass is 10.2. The van der Waals surface area contributed by atoms with Gasteiger partial charge in [0.05, 0.1) is 6.07 Å². The Morgan fingerprint density at radius 1 is 1.86 bits per heavy atom. The highest BCUT2D eigenvalue weighted by molar-refractivity contribution is 4.67. The van der Waals surface area contributed by atoms with Crippen molar-refractivity contribution in [2.24, 2.45) is 0 Å². The topological polar surface area (TPSA) is 23.8 Å². The lowest BCUT2D eigenvalue weighted by Crippen LogP contribution is -1.68. The van der Waals surface area contributed by atoms with E-state index in [4.69, 9.17) is 9.37 Å². The van der Waals surface area contributed by atoms with Gasteiger partial charge >= 0.3 is 0 Å². The Morgan fingerprint density at radius 3 is 3.00 bits per heavy atom. The van der Waals surface area contributed by atoms with E-state index in [1.165, 1.54) is 6.07 Å². The van der Waals surface area contributed by atoms with Gasteiger partial charge in [0.1, 0.15) is 0 Å². The first-order valence-corrected chi connectivity index (χ1v) is 2.38. The summed E-state index contributed by atoms with van der Waals surface area (Å²) in [6.07, 6.45) is -1.69. The van der Waals surface area contributed by atoms with Crippen molar-refractivity contribution in [3.8, 4) is 6.07 Å². The third-order valence-electron chi connectivity index (χ3n) is 0.600. The molecule has 1 unspecified atom stereocenters. The van der Waals surface area contributed by atoms with E-state index in [0.717, 1.165) is 6.42 Å². The maximum atomic E-state index is 8.25. The molecule has 0 aromatic heterocycles. The van der Waals surface area contributed by atoms with Crippen molar-refractivity contribution in [2.45, 2.75) is 32.5 Å². The van der Waals surface area contributed by atoms with Gasteiger partial charge in [-0.15, -0.1) is 0 Å². The zero-order valence-electron chi connectivity index (χ0n) is 7.44. The number of nitriles is 1. The molecule has 0 rings (SSSR count). The molecule has 0 radical (unpaired) electrons. The highest BCUT2D eigenvalue weighted by Crippen LogP contribution is 1.95. The molecular formula is C6H11N. The van der Waals surface area contributed by atoms with Gasteiger partial charge in [0.2, 0.25) is 0 Å². The summed E-state index contributed by atoms with van der Waals surface area (Å²) in [5, 5.41) is 8.25. The van der Waals surface area contributed by atoms with Crippen LogP contribution in [0.15, 0.2) is 0 Å². The molecule has 0 aliphatic carbocycles. The fourth-order valence-corrected chi connectivity index (χ4v) is 0.262. The molecule has 0 aromatic carbocycles. The lowest BCUT2D eigenvalue weighted by Gasteiger charge is -1.84. The molecule has 0 aliphatic heterocycles. The van der Waals surface area contributed by atoms with Crippen molar-refractivity contribution >= 4 is 0 Å². The maximum absolute atomic E-state index is 8.25. The SMILES string of the molecule is [2H]C(CCC)C([2H])([2H])C#N. The van der Waals surface area contributed by atoms with Crippen LogP contribution in [0.5, 0.6) is 0 Å². The summed E-state index contributed by atoms with van der Waals surface area (Å²) in [7, 11) is 0. The minimum atomic E-state index is -1.98. The Bertz CT molecular complexity index is 138. The summed E-state index contributed by atoms with van der Waals surface area (Å²) in [5.74, 6) is 0. The van der Waals surface area contributed by atoms with Gasteiger partial charge in [-0.1, -0.05) is 19.8 Å². The van der Waals surface area contributed by atoms with E-state index in [2.05, 4.69) is 0 Å². The quantitative estimate of drug-likeness (QED) is 0.532. The Hall–Kier alpha value is -0.510. The molecule has 0 heterocycles. The maximum Gasteiger partial charge on any atom is 0.0621 e. The normalized spacial score (nSPS) is 20.9. The first-order valence-electron chi connectivity index (χ1n) is 3.95. The number of hydrogen-bond donors (Lipinski definition) is 0. The summed E-state index contributed by atoms with van der Waals surface area (Å²) in [5.41, 5.74) is 0. The van der Waals surface area contributed by atoms with Gasteiger partial charge in [-0.2, -0.15) is 5.26 Å². The van der Waals surface area contributed by atoms with Crippen LogP contribution in [0.25, 0.3) is 0 Å². The highest BCUT2D eigenvalue weighted by Gasteiger charge is 1.79. The van der Waals surface area contributed by atoms with Crippen molar-refractivity contribution in [1.82, 2.24) is 0 Å². The molecule has 0 aliphatic rings. The molecule has 0 saturated heterocycles. The van der Waals surface area contributed by atoms with Gasteiger partial charge in [-0.25, -0.2) is 0 Å². The van der Waals surface area contributed by atoms with E-state index in [1.54, 1.807) is 0 Å². The first kappa shape index (κ1) is 2.71. The van der Waals surface area contributed by atoms with Gasteiger partial charge in [0, 0.05) is 10.5 Å². The van der Waals surface area contributed by atoms with Crippen LogP contribution in [0.1, 0.15) is 36.6 Å². The van der Waals surface area contributed by atoms with Crippen LogP contribution in [-0.2, 0) is 0 Å². The van der Waals surface area contributed by atoms with Gasteiger partial charge in [-0.05, 0) is 6.40 Å². The van der Waals surface area contributed by atoms with E-state index in [1.807, 2.05) is 6.92 Å². The van der Waals surface area contributed by atoms with Crippen LogP contribution in [0.2, 0.25) is 0 Å². The summed E-state index contributed by atoms with van der Waals surface area (Å²) < 4.78 is 21.2. The van der Waals surface area contributed by atoms with Crippen molar-refractivity contribution in [1.29, 1.82) is 5.26 Å². The Morgan fingerprint density at radius 2 is 2.57 bits per heavy atom. The molecule has 0 spiro atoms. The predicted octanol–water partition coefficient (Wildman–Crippen LogP) is 2.09. The lowest BCUT2D eigenvalue weighted by molar-refractivity contribution is 0.734. The zero-order chi connectivity index (χ0) is 8.20. The first-order chi connectivity index (χ1) is 4.54. The van der Waals surface area contributed by atoms with Crippen molar-refractivity contribution in [2.75, 3.05) is 0 Å². The van der Waals surface area contributed by atoms with Crippen LogP contribution in [0.3, 0.4) is 0 Å². The summed E-state index contributed by atoms with van der Waals surface area (Å²) in [6.45, 7) is 1.87. The smallest absolute Gasteiger partial charge is 0.0621 e. The third-order valence-corrected chi connectivity index (χ3v) is 0.600. The number of nitrogens with zero attached hydrogens (tertiary/aromatic N) is 1. The molecule has 0 amide bonds. The second kappa shape index (κ2) is 5.49. The van der Waals surface area contributed by atoms with Crippen LogP contribution in [-0.4, -0.2) is 0 Å². The van der Waals surface area contributed by atoms with Crippen LogP contribution < -0.4 is 0 Å². The Kier molecular flexibility index (Phi) is 2.13. The Balaban J connectivity index is 3.94. The second-order valence-electron chi connectivity index (χ2n) is 1.25. The highest BCUT2D eigenvalue weighted by atomic mass is 14.2. The third kappa shape index (κ3) is 5.49. The van der Waals surface area contributed by atoms with Crippen LogP contribution in [0.4, 0.5) is 0 Å². The summed E-state index contributed by atoms with van der Waals surface area (Å²) in [6, 6.07) is 1.47. The van der Waals surface area contributed by atoms with Crippen LogP contribution in [0, 0.1) is 11.3 Å². The van der Waals surface area contributed by atoms with Gasteiger partial charge in [0.15, 0.2) is 0 Å². The van der Waals surface area contributed by atoms with E-state index < -0.39 is 12.8 Å². The van der Waals surface area contributed by atoms with E-state index in [-0.39, 0.29) is 0 Å². The number of hydrogen-bond acceptors (Lipinski definition) is 1. The summed E-state index contributed by atoms with van der Waals surface area (Å²) in [4.78, 5) is 0. The molecule has 1 heteroatoms. The zero-order valence-corrected chi connectivity index (χ0v) is 4.44. The molecule has 1 nitrogen and oxygen atoms in total. The number of rotatable bonds is 3. The standard InChI is InChI=1S/C6H11N/c1-2-3-4-5-6-7/h2-5H2,1H3/i4D,5D2. The van der Waals surface area contributed by atoms with Crippen LogP contribution >= 0.6 is 0 Å². The fraction of sp³-hybridized carbons (Fsp3) is 0.833. The second-order valence-corrected chi connectivity index (χ2v) is 1.25.